The van der Waals surface area contributed by atoms with Crippen molar-refractivity contribution in [2.75, 3.05) is 5.75 Å². The van der Waals surface area contributed by atoms with E-state index in [1.54, 1.807) is 36.8 Å². The quantitative estimate of drug-likeness (QED) is 0.425. The molecule has 0 saturated carbocycles. The molecule has 1 atom stereocenters. The van der Waals surface area contributed by atoms with E-state index in [9.17, 15) is 4.79 Å². The number of imidazole rings is 1. The van der Waals surface area contributed by atoms with E-state index < -0.39 is 0 Å². The molecule has 2 aromatic heterocycles. The summed E-state index contributed by atoms with van der Waals surface area (Å²) in [6, 6.07) is 15.0. The number of aromatic nitrogens is 4. The molecule has 0 radical (unpaired) electrons. The van der Waals surface area contributed by atoms with Gasteiger partial charge in [-0.3, -0.25) is 4.79 Å². The van der Waals surface area contributed by atoms with Gasteiger partial charge in [0.25, 0.3) is 5.22 Å². The van der Waals surface area contributed by atoms with Crippen LogP contribution in [0.15, 0.2) is 76.9 Å². The first kappa shape index (κ1) is 20.2. The Bertz CT molecular complexity index is 1110. The van der Waals surface area contributed by atoms with Crippen molar-refractivity contribution in [2.45, 2.75) is 18.2 Å². The molecule has 0 fully saturated rings. The molecule has 0 aliphatic heterocycles. The van der Waals surface area contributed by atoms with Crippen molar-refractivity contribution in [3.8, 4) is 17.1 Å². The van der Waals surface area contributed by atoms with E-state index in [0.29, 0.717) is 16.1 Å². The smallest absolute Gasteiger partial charge is 0.277 e. The van der Waals surface area contributed by atoms with Crippen molar-refractivity contribution >= 4 is 29.3 Å². The number of carbonyl (C=O) groups excluding carboxylic acids is 1. The summed E-state index contributed by atoms with van der Waals surface area (Å²) in [6.45, 7) is 1.94. The molecule has 30 heavy (non-hydrogen) atoms. The molecule has 1 N–H and O–H groups in total. The largest absolute Gasteiger partial charge is 0.411 e. The van der Waals surface area contributed by atoms with Gasteiger partial charge in [0.15, 0.2) is 0 Å². The predicted octanol–water partition coefficient (Wildman–Crippen LogP) is 4.55. The van der Waals surface area contributed by atoms with Gasteiger partial charge in [0.1, 0.15) is 0 Å². The monoisotopic (exact) mass is 439 g/mol. The van der Waals surface area contributed by atoms with Crippen LogP contribution in [0.25, 0.3) is 17.1 Å². The van der Waals surface area contributed by atoms with E-state index in [1.165, 1.54) is 11.8 Å². The summed E-state index contributed by atoms with van der Waals surface area (Å²) >= 11 is 7.08. The van der Waals surface area contributed by atoms with Crippen molar-refractivity contribution < 1.29 is 9.21 Å². The molecular weight excluding hydrogens is 422 g/mol. The normalized spacial score (nSPS) is 11.9. The molecule has 0 aliphatic rings. The Morgan fingerprint density at radius 2 is 1.93 bits per heavy atom. The van der Waals surface area contributed by atoms with E-state index >= 15 is 0 Å². The lowest BCUT2D eigenvalue weighted by molar-refractivity contribution is -0.119. The van der Waals surface area contributed by atoms with Crippen LogP contribution in [0, 0.1) is 0 Å². The predicted molar refractivity (Wildman–Crippen MR) is 116 cm³/mol. The Balaban J connectivity index is 1.30. The third-order valence-electron chi connectivity index (χ3n) is 4.40. The van der Waals surface area contributed by atoms with Gasteiger partial charge in [-0.15, -0.1) is 10.2 Å². The Morgan fingerprint density at radius 3 is 2.63 bits per heavy atom. The van der Waals surface area contributed by atoms with Crippen LogP contribution in [0.1, 0.15) is 18.5 Å². The van der Waals surface area contributed by atoms with Crippen molar-refractivity contribution in [1.29, 1.82) is 0 Å². The van der Waals surface area contributed by atoms with Gasteiger partial charge in [0.05, 0.1) is 18.1 Å². The molecule has 0 saturated heterocycles. The molecular formula is C21H18ClN5O2S. The molecule has 4 aromatic rings. The summed E-state index contributed by atoms with van der Waals surface area (Å²) in [7, 11) is 0. The van der Waals surface area contributed by atoms with Crippen LogP contribution < -0.4 is 5.32 Å². The highest BCUT2D eigenvalue weighted by Crippen LogP contribution is 2.24. The molecule has 0 bridgehead atoms. The van der Waals surface area contributed by atoms with Gasteiger partial charge in [-0.05, 0) is 48.9 Å². The number of hydrogen-bond acceptors (Lipinski definition) is 6. The first-order chi connectivity index (χ1) is 14.6. The fourth-order valence-corrected chi connectivity index (χ4v) is 3.52. The van der Waals surface area contributed by atoms with Crippen LogP contribution in [0.4, 0.5) is 0 Å². The highest BCUT2D eigenvalue weighted by atomic mass is 35.5. The Kier molecular flexibility index (Phi) is 6.15. The van der Waals surface area contributed by atoms with E-state index in [1.807, 2.05) is 42.0 Å². The van der Waals surface area contributed by atoms with Gasteiger partial charge in [0, 0.05) is 28.7 Å². The zero-order valence-corrected chi connectivity index (χ0v) is 17.6. The van der Waals surface area contributed by atoms with Gasteiger partial charge in [0.2, 0.25) is 11.8 Å². The number of nitrogens with zero attached hydrogens (tertiary/aromatic N) is 4. The number of rotatable bonds is 7. The standard InChI is InChI=1S/C21H18ClN5O2S/c1-14(15-4-8-18(9-5-15)27-11-10-23-13-27)24-19(28)12-30-21-26-25-20(29-21)16-2-6-17(22)7-3-16/h2-11,13-14H,12H2,1H3,(H,24,28). The van der Waals surface area contributed by atoms with Crippen LogP contribution in [-0.4, -0.2) is 31.4 Å². The number of benzene rings is 2. The second kappa shape index (κ2) is 9.15. The molecule has 9 heteroatoms. The highest BCUT2D eigenvalue weighted by molar-refractivity contribution is 7.99. The molecule has 152 valence electrons. The number of amides is 1. The third-order valence-corrected chi connectivity index (χ3v) is 5.47. The van der Waals surface area contributed by atoms with Crippen molar-refractivity contribution in [2.24, 2.45) is 0 Å². The SMILES string of the molecule is CC(NC(=O)CSc1nnc(-c2ccc(Cl)cc2)o1)c1ccc(-n2ccnc2)cc1. The number of hydrogen-bond donors (Lipinski definition) is 1. The fraction of sp³-hybridized carbons (Fsp3) is 0.143. The molecule has 0 aliphatic carbocycles. The minimum atomic E-state index is -0.123. The van der Waals surface area contributed by atoms with Crippen molar-refractivity contribution in [3.05, 3.63) is 77.8 Å². The van der Waals surface area contributed by atoms with E-state index in [2.05, 4.69) is 20.5 Å². The fourth-order valence-electron chi connectivity index (χ4n) is 2.82. The second-order valence-electron chi connectivity index (χ2n) is 6.52. The first-order valence-corrected chi connectivity index (χ1v) is 10.5. The zero-order chi connectivity index (χ0) is 20.9. The van der Waals surface area contributed by atoms with E-state index in [4.69, 9.17) is 16.0 Å². The molecule has 4 rings (SSSR count). The maximum atomic E-state index is 12.3. The lowest BCUT2D eigenvalue weighted by atomic mass is 10.1. The van der Waals surface area contributed by atoms with Crippen LogP contribution in [0.2, 0.25) is 5.02 Å². The molecule has 2 heterocycles. The first-order valence-electron chi connectivity index (χ1n) is 9.18. The Hall–Kier alpha value is -3.10. The van der Waals surface area contributed by atoms with Crippen LogP contribution >= 0.6 is 23.4 Å². The number of thioether (sulfide) groups is 1. The van der Waals surface area contributed by atoms with E-state index in [-0.39, 0.29) is 17.7 Å². The lowest BCUT2D eigenvalue weighted by Crippen LogP contribution is -2.28. The lowest BCUT2D eigenvalue weighted by Gasteiger charge is -2.14. The minimum absolute atomic E-state index is 0.113. The second-order valence-corrected chi connectivity index (χ2v) is 7.88. The maximum absolute atomic E-state index is 12.3. The van der Waals surface area contributed by atoms with Crippen molar-refractivity contribution in [1.82, 2.24) is 25.1 Å². The summed E-state index contributed by atoms with van der Waals surface area (Å²) in [4.78, 5) is 16.4. The van der Waals surface area contributed by atoms with Gasteiger partial charge in [-0.2, -0.15) is 0 Å². The number of nitrogens with one attached hydrogen (secondary N) is 1. The molecule has 0 spiro atoms. The minimum Gasteiger partial charge on any atom is -0.411 e. The summed E-state index contributed by atoms with van der Waals surface area (Å²) in [6.07, 6.45) is 5.36. The Labute approximate surface area is 182 Å². The number of carbonyl (C=O) groups is 1. The van der Waals surface area contributed by atoms with Gasteiger partial charge < -0.3 is 14.3 Å². The van der Waals surface area contributed by atoms with E-state index in [0.717, 1.165) is 16.8 Å². The van der Waals surface area contributed by atoms with Crippen LogP contribution in [0.3, 0.4) is 0 Å². The summed E-state index contributed by atoms with van der Waals surface area (Å²) < 4.78 is 7.53. The summed E-state index contributed by atoms with van der Waals surface area (Å²) in [5.74, 6) is 0.457. The van der Waals surface area contributed by atoms with Crippen molar-refractivity contribution in [3.63, 3.8) is 0 Å². The molecule has 1 amide bonds. The molecule has 7 nitrogen and oxygen atoms in total. The topological polar surface area (TPSA) is 85.8 Å². The van der Waals surface area contributed by atoms with Gasteiger partial charge in [-0.25, -0.2) is 4.98 Å². The average molecular weight is 440 g/mol. The molecule has 2 aromatic carbocycles. The van der Waals surface area contributed by atoms with Crippen LogP contribution in [-0.2, 0) is 4.79 Å². The van der Waals surface area contributed by atoms with Gasteiger partial charge in [-0.1, -0.05) is 35.5 Å². The Morgan fingerprint density at radius 1 is 1.17 bits per heavy atom. The van der Waals surface area contributed by atoms with Crippen LogP contribution in [0.5, 0.6) is 0 Å². The summed E-state index contributed by atoms with van der Waals surface area (Å²) in [5, 5.41) is 12.0. The molecule has 1 unspecified atom stereocenters. The third kappa shape index (κ3) is 4.90. The number of halogens is 1. The zero-order valence-electron chi connectivity index (χ0n) is 16.0. The van der Waals surface area contributed by atoms with Gasteiger partial charge >= 0.3 is 0 Å². The summed E-state index contributed by atoms with van der Waals surface area (Å²) in [5.41, 5.74) is 2.80. The highest BCUT2D eigenvalue weighted by Gasteiger charge is 2.14. The average Bonchev–Trinajstić information content (AvgIpc) is 3.45. The maximum Gasteiger partial charge on any atom is 0.277 e.